The van der Waals surface area contributed by atoms with E-state index in [1.54, 1.807) is 17.4 Å². The fourth-order valence-electron chi connectivity index (χ4n) is 3.58. The zero-order valence-electron chi connectivity index (χ0n) is 16.3. The van der Waals surface area contributed by atoms with Gasteiger partial charge in [0.25, 0.3) is 5.91 Å². The third kappa shape index (κ3) is 4.70. The predicted molar refractivity (Wildman–Crippen MR) is 124 cm³/mol. The van der Waals surface area contributed by atoms with Crippen LogP contribution < -0.4 is 10.2 Å². The lowest BCUT2D eigenvalue weighted by Crippen LogP contribution is -2.48. The number of piperazine rings is 1. The van der Waals surface area contributed by atoms with Crippen LogP contribution in [-0.2, 0) is 0 Å². The number of halogens is 2. The number of aromatic nitrogens is 1. The largest absolute Gasteiger partial charge is 0.351 e. The molecule has 0 saturated carbocycles. The summed E-state index contributed by atoms with van der Waals surface area (Å²) in [6.07, 6.45) is 0. The fourth-order valence-corrected chi connectivity index (χ4v) is 6.11. The molecule has 3 aromatic rings. The summed E-state index contributed by atoms with van der Waals surface area (Å²) in [5.41, 5.74) is 4.10. The number of anilines is 1. The lowest BCUT2D eigenvalue weighted by molar-refractivity contribution is 0.0948. The van der Waals surface area contributed by atoms with Gasteiger partial charge in [0.15, 0.2) is 5.13 Å². The van der Waals surface area contributed by atoms with Crippen LogP contribution in [0.4, 0.5) is 5.13 Å². The van der Waals surface area contributed by atoms with Crippen molar-refractivity contribution in [3.05, 3.63) is 43.6 Å². The highest BCUT2D eigenvalue weighted by atomic mass is 35.5. The number of thiophene rings is 1. The van der Waals surface area contributed by atoms with E-state index in [0.29, 0.717) is 20.8 Å². The van der Waals surface area contributed by atoms with Crippen LogP contribution in [0.25, 0.3) is 10.2 Å². The Morgan fingerprint density at radius 3 is 2.59 bits per heavy atom. The number of hydrogen-bond donors (Lipinski definition) is 1. The van der Waals surface area contributed by atoms with Crippen LogP contribution in [-0.4, -0.2) is 55.1 Å². The zero-order chi connectivity index (χ0) is 20.5. The summed E-state index contributed by atoms with van der Waals surface area (Å²) in [7, 11) is 0. The molecule has 4 rings (SSSR count). The summed E-state index contributed by atoms with van der Waals surface area (Å²) in [6, 6.07) is 5.99. The summed E-state index contributed by atoms with van der Waals surface area (Å²) in [4.78, 5) is 21.8. The molecular weight excluding hydrogens is 447 g/mol. The minimum absolute atomic E-state index is 0.170. The average molecular weight is 469 g/mol. The molecule has 1 aliphatic heterocycles. The molecule has 5 nitrogen and oxygen atoms in total. The van der Waals surface area contributed by atoms with Crippen molar-refractivity contribution in [3.63, 3.8) is 0 Å². The van der Waals surface area contributed by atoms with Gasteiger partial charge < -0.3 is 10.2 Å². The van der Waals surface area contributed by atoms with Crippen molar-refractivity contribution in [2.75, 3.05) is 44.2 Å². The first-order valence-corrected chi connectivity index (χ1v) is 11.9. The van der Waals surface area contributed by atoms with E-state index in [1.807, 2.05) is 0 Å². The number of rotatable bonds is 5. The second kappa shape index (κ2) is 8.78. The van der Waals surface area contributed by atoms with Gasteiger partial charge in [0.05, 0.1) is 20.1 Å². The molecule has 0 unspecified atom stereocenters. The normalized spacial score (nSPS) is 15.2. The van der Waals surface area contributed by atoms with Gasteiger partial charge in [-0.25, -0.2) is 4.98 Å². The van der Waals surface area contributed by atoms with E-state index in [4.69, 9.17) is 28.2 Å². The van der Waals surface area contributed by atoms with Gasteiger partial charge in [-0.05, 0) is 37.1 Å². The van der Waals surface area contributed by atoms with Gasteiger partial charge >= 0.3 is 0 Å². The molecule has 1 N–H and O–H groups in total. The van der Waals surface area contributed by atoms with Crippen LogP contribution in [0.1, 0.15) is 21.5 Å². The van der Waals surface area contributed by atoms with E-state index >= 15 is 0 Å². The molecule has 0 bridgehead atoms. The standard InChI is InChI=1S/C20H22Cl2N4OS2/c1-12-9-13(2)17-15(10-12)24-20(29-17)26-7-5-25(6-8-26)4-3-23-19(27)14-11-16(21)28-18(14)22/h9-11H,3-8H2,1-2H3,(H,23,27). The highest BCUT2D eigenvalue weighted by molar-refractivity contribution is 7.22. The molecule has 1 saturated heterocycles. The van der Waals surface area contributed by atoms with Crippen molar-refractivity contribution in [2.45, 2.75) is 13.8 Å². The van der Waals surface area contributed by atoms with Crippen molar-refractivity contribution >= 4 is 67.1 Å². The van der Waals surface area contributed by atoms with E-state index in [0.717, 1.165) is 43.4 Å². The number of hydrogen-bond acceptors (Lipinski definition) is 6. The second-order valence-corrected chi connectivity index (χ2v) is 10.5. The first-order chi connectivity index (χ1) is 13.9. The Bertz CT molecular complexity index is 1040. The van der Waals surface area contributed by atoms with Gasteiger partial charge in [0, 0.05) is 39.3 Å². The highest BCUT2D eigenvalue weighted by Crippen LogP contribution is 2.33. The van der Waals surface area contributed by atoms with Crippen LogP contribution in [0.5, 0.6) is 0 Å². The maximum atomic E-state index is 12.2. The summed E-state index contributed by atoms with van der Waals surface area (Å²) in [5.74, 6) is -0.170. The van der Waals surface area contributed by atoms with E-state index in [9.17, 15) is 4.79 Å². The molecule has 0 aliphatic carbocycles. The van der Waals surface area contributed by atoms with Crippen LogP contribution in [0.15, 0.2) is 18.2 Å². The van der Waals surface area contributed by atoms with Gasteiger partial charge in [-0.2, -0.15) is 0 Å². The average Bonchev–Trinajstić information content (AvgIpc) is 3.25. The van der Waals surface area contributed by atoms with E-state index in [-0.39, 0.29) is 5.91 Å². The Hall–Kier alpha value is -1.38. The number of fused-ring (bicyclic) bond motifs is 1. The minimum atomic E-state index is -0.170. The quantitative estimate of drug-likeness (QED) is 0.582. The smallest absolute Gasteiger partial charge is 0.253 e. The first kappa shape index (κ1) is 20.9. The Labute approximate surface area is 188 Å². The molecule has 0 atom stereocenters. The number of thiazole rings is 1. The van der Waals surface area contributed by atoms with Crippen molar-refractivity contribution in [2.24, 2.45) is 0 Å². The Morgan fingerprint density at radius 2 is 1.90 bits per heavy atom. The molecule has 29 heavy (non-hydrogen) atoms. The van der Waals surface area contributed by atoms with E-state index in [2.05, 4.69) is 41.1 Å². The molecule has 0 radical (unpaired) electrons. The Balaban J connectivity index is 1.28. The number of nitrogens with one attached hydrogen (secondary N) is 1. The van der Waals surface area contributed by atoms with Crippen LogP contribution in [0.2, 0.25) is 8.67 Å². The predicted octanol–water partition coefficient (Wildman–Crippen LogP) is 4.83. The lowest BCUT2D eigenvalue weighted by atomic mass is 10.1. The topological polar surface area (TPSA) is 48.5 Å². The maximum absolute atomic E-state index is 12.2. The molecule has 3 heterocycles. The van der Waals surface area contributed by atoms with Gasteiger partial charge in [0.2, 0.25) is 0 Å². The number of nitrogens with zero attached hydrogens (tertiary/aromatic N) is 3. The molecule has 1 amide bonds. The van der Waals surface area contributed by atoms with Gasteiger partial charge in [-0.15, -0.1) is 11.3 Å². The number of aryl methyl sites for hydroxylation is 2. The molecule has 0 spiro atoms. The monoisotopic (exact) mass is 468 g/mol. The van der Waals surface area contributed by atoms with Crippen molar-refractivity contribution < 1.29 is 4.79 Å². The molecule has 1 fully saturated rings. The highest BCUT2D eigenvalue weighted by Gasteiger charge is 2.21. The third-order valence-corrected chi connectivity index (χ3v) is 7.82. The summed E-state index contributed by atoms with van der Waals surface area (Å²) in [5, 5.41) is 4.03. The van der Waals surface area contributed by atoms with Crippen molar-refractivity contribution in [3.8, 4) is 0 Å². The van der Waals surface area contributed by atoms with Crippen LogP contribution >= 0.6 is 45.9 Å². The molecule has 9 heteroatoms. The number of amides is 1. The van der Waals surface area contributed by atoms with Gasteiger partial charge in [0.1, 0.15) is 4.34 Å². The van der Waals surface area contributed by atoms with E-state index in [1.165, 1.54) is 27.2 Å². The Kier molecular flexibility index (Phi) is 6.32. The van der Waals surface area contributed by atoms with Crippen molar-refractivity contribution in [1.82, 2.24) is 15.2 Å². The molecule has 2 aromatic heterocycles. The summed E-state index contributed by atoms with van der Waals surface area (Å²) >= 11 is 14.9. The van der Waals surface area contributed by atoms with Gasteiger partial charge in [-0.1, -0.05) is 40.6 Å². The van der Waals surface area contributed by atoms with Gasteiger partial charge in [-0.3, -0.25) is 9.69 Å². The molecule has 1 aromatic carbocycles. The van der Waals surface area contributed by atoms with Crippen LogP contribution in [0.3, 0.4) is 0 Å². The van der Waals surface area contributed by atoms with Crippen LogP contribution in [0, 0.1) is 13.8 Å². The minimum Gasteiger partial charge on any atom is -0.351 e. The SMILES string of the molecule is Cc1cc(C)c2sc(N3CCN(CCNC(=O)c4cc(Cl)sc4Cl)CC3)nc2c1. The molecule has 1 aliphatic rings. The molecular formula is C20H22Cl2N4OS2. The Morgan fingerprint density at radius 1 is 1.14 bits per heavy atom. The first-order valence-electron chi connectivity index (χ1n) is 9.49. The van der Waals surface area contributed by atoms with E-state index < -0.39 is 0 Å². The number of carbonyl (C=O) groups is 1. The van der Waals surface area contributed by atoms with Crippen molar-refractivity contribution in [1.29, 1.82) is 0 Å². The number of carbonyl (C=O) groups excluding carboxylic acids is 1. The number of benzene rings is 1. The lowest BCUT2D eigenvalue weighted by Gasteiger charge is -2.34. The second-order valence-electron chi connectivity index (χ2n) is 7.25. The fraction of sp³-hybridized carbons (Fsp3) is 0.400. The molecule has 154 valence electrons. The summed E-state index contributed by atoms with van der Waals surface area (Å²) < 4.78 is 2.24. The maximum Gasteiger partial charge on any atom is 0.253 e. The third-order valence-electron chi connectivity index (χ3n) is 5.07. The summed E-state index contributed by atoms with van der Waals surface area (Å²) in [6.45, 7) is 9.46. The zero-order valence-corrected chi connectivity index (χ0v) is 19.4.